The van der Waals surface area contributed by atoms with Crippen molar-refractivity contribution in [2.75, 3.05) is 0 Å². The van der Waals surface area contributed by atoms with Gasteiger partial charge in [0, 0.05) is 35.0 Å². The molecular formula is C21H24N4O2. The standard InChI is InChI=1S/C21H24N4O2/c1-12-8-19(21(27)23-15(12)4)16-6-5-7-17(11-16)20(26)22-13(2)9-18-10-14(3)24-25-18/h5-8,10-11,13H,9H2,1-4H3,(H,22,26)(H,23,27)(H,24,25). The molecule has 1 amide bonds. The van der Waals surface area contributed by atoms with E-state index in [1.165, 1.54) is 0 Å². The summed E-state index contributed by atoms with van der Waals surface area (Å²) in [4.78, 5) is 27.8. The Bertz CT molecular complexity index is 1030. The maximum absolute atomic E-state index is 12.6. The Morgan fingerprint density at radius 1 is 1.19 bits per heavy atom. The van der Waals surface area contributed by atoms with Crippen molar-refractivity contribution >= 4 is 5.91 Å². The minimum Gasteiger partial charge on any atom is -0.349 e. The summed E-state index contributed by atoms with van der Waals surface area (Å²) < 4.78 is 0. The monoisotopic (exact) mass is 364 g/mol. The summed E-state index contributed by atoms with van der Waals surface area (Å²) in [6.45, 7) is 7.70. The molecule has 6 nitrogen and oxygen atoms in total. The summed E-state index contributed by atoms with van der Waals surface area (Å²) in [5, 5.41) is 10.1. The van der Waals surface area contributed by atoms with Gasteiger partial charge in [0.2, 0.25) is 0 Å². The van der Waals surface area contributed by atoms with Crippen LogP contribution >= 0.6 is 0 Å². The molecule has 0 saturated heterocycles. The largest absolute Gasteiger partial charge is 0.349 e. The van der Waals surface area contributed by atoms with Crippen molar-refractivity contribution in [2.24, 2.45) is 0 Å². The second-order valence-electron chi connectivity index (χ2n) is 7.02. The van der Waals surface area contributed by atoms with Gasteiger partial charge in [-0.25, -0.2) is 0 Å². The van der Waals surface area contributed by atoms with Crippen molar-refractivity contribution in [3.05, 3.63) is 75.0 Å². The molecule has 3 N–H and O–H groups in total. The molecule has 0 aliphatic carbocycles. The first-order chi connectivity index (χ1) is 12.8. The van der Waals surface area contributed by atoms with Gasteiger partial charge in [-0.3, -0.25) is 14.7 Å². The van der Waals surface area contributed by atoms with Crippen molar-refractivity contribution in [2.45, 2.75) is 40.2 Å². The molecule has 2 heterocycles. The molecule has 6 heteroatoms. The van der Waals surface area contributed by atoms with Crippen LogP contribution in [0.4, 0.5) is 0 Å². The second kappa shape index (κ2) is 7.61. The van der Waals surface area contributed by atoms with Gasteiger partial charge in [-0.2, -0.15) is 5.10 Å². The van der Waals surface area contributed by atoms with E-state index in [1.54, 1.807) is 18.2 Å². The van der Waals surface area contributed by atoms with E-state index in [-0.39, 0.29) is 17.5 Å². The van der Waals surface area contributed by atoms with Gasteiger partial charge in [0.05, 0.1) is 5.69 Å². The second-order valence-corrected chi connectivity index (χ2v) is 7.02. The molecule has 3 rings (SSSR count). The molecule has 3 aromatic rings. The third kappa shape index (κ3) is 4.34. The van der Waals surface area contributed by atoms with Crippen molar-refractivity contribution in [1.29, 1.82) is 0 Å². The Hall–Kier alpha value is -3.15. The molecule has 1 aromatic carbocycles. The van der Waals surface area contributed by atoms with E-state index >= 15 is 0 Å². The van der Waals surface area contributed by atoms with Crippen LogP contribution in [-0.4, -0.2) is 27.1 Å². The number of amides is 1. The molecule has 0 aliphatic rings. The van der Waals surface area contributed by atoms with Gasteiger partial charge in [0.15, 0.2) is 0 Å². The van der Waals surface area contributed by atoms with Crippen molar-refractivity contribution in [1.82, 2.24) is 20.5 Å². The van der Waals surface area contributed by atoms with Crippen molar-refractivity contribution in [3.63, 3.8) is 0 Å². The lowest BCUT2D eigenvalue weighted by Gasteiger charge is -2.13. The Morgan fingerprint density at radius 2 is 1.96 bits per heavy atom. The van der Waals surface area contributed by atoms with E-state index in [9.17, 15) is 9.59 Å². The lowest BCUT2D eigenvalue weighted by Crippen LogP contribution is -2.34. The average molecular weight is 364 g/mol. The van der Waals surface area contributed by atoms with E-state index in [0.29, 0.717) is 17.5 Å². The van der Waals surface area contributed by atoms with Gasteiger partial charge in [0.1, 0.15) is 0 Å². The molecule has 1 atom stereocenters. The van der Waals surface area contributed by atoms with Gasteiger partial charge in [-0.1, -0.05) is 12.1 Å². The molecule has 140 valence electrons. The summed E-state index contributed by atoms with van der Waals surface area (Å²) in [6, 6.07) is 10.9. The first-order valence-electron chi connectivity index (χ1n) is 8.96. The Balaban J connectivity index is 1.78. The number of benzene rings is 1. The van der Waals surface area contributed by atoms with Gasteiger partial charge in [-0.05, 0) is 63.1 Å². The maximum atomic E-state index is 12.6. The zero-order chi connectivity index (χ0) is 19.6. The van der Waals surface area contributed by atoms with Crippen molar-refractivity contribution in [3.8, 4) is 11.1 Å². The smallest absolute Gasteiger partial charge is 0.256 e. The fraction of sp³-hybridized carbons (Fsp3) is 0.286. The molecule has 0 saturated carbocycles. The number of hydrogen-bond donors (Lipinski definition) is 3. The van der Waals surface area contributed by atoms with Crippen LogP contribution in [0, 0.1) is 20.8 Å². The zero-order valence-corrected chi connectivity index (χ0v) is 16.0. The normalized spacial score (nSPS) is 12.0. The number of aryl methyl sites for hydroxylation is 3. The quantitative estimate of drug-likeness (QED) is 0.650. The van der Waals surface area contributed by atoms with Crippen LogP contribution in [-0.2, 0) is 6.42 Å². The number of nitrogens with one attached hydrogen (secondary N) is 3. The van der Waals surface area contributed by atoms with Crippen LogP contribution in [0.2, 0.25) is 0 Å². The lowest BCUT2D eigenvalue weighted by molar-refractivity contribution is 0.0940. The number of rotatable bonds is 5. The van der Waals surface area contributed by atoms with E-state index in [1.807, 2.05) is 45.9 Å². The number of carbonyl (C=O) groups is 1. The summed E-state index contributed by atoms with van der Waals surface area (Å²) in [5.41, 5.74) is 5.41. The first kappa shape index (κ1) is 18.6. The van der Waals surface area contributed by atoms with Crippen LogP contribution in [0.3, 0.4) is 0 Å². The topological polar surface area (TPSA) is 90.6 Å². The number of nitrogens with zero attached hydrogens (tertiary/aromatic N) is 1. The lowest BCUT2D eigenvalue weighted by atomic mass is 10.0. The number of pyridine rings is 1. The third-order valence-electron chi connectivity index (χ3n) is 4.59. The predicted molar refractivity (Wildman–Crippen MR) is 106 cm³/mol. The van der Waals surface area contributed by atoms with E-state index in [0.717, 1.165) is 28.2 Å². The third-order valence-corrected chi connectivity index (χ3v) is 4.59. The summed E-state index contributed by atoms with van der Waals surface area (Å²) in [6.07, 6.45) is 0.645. The Morgan fingerprint density at radius 3 is 2.67 bits per heavy atom. The highest BCUT2D eigenvalue weighted by Crippen LogP contribution is 2.19. The highest BCUT2D eigenvalue weighted by atomic mass is 16.1. The number of aromatic amines is 2. The number of aromatic nitrogens is 3. The highest BCUT2D eigenvalue weighted by molar-refractivity contribution is 5.95. The van der Waals surface area contributed by atoms with Crippen LogP contribution in [0.5, 0.6) is 0 Å². The molecule has 0 aliphatic heterocycles. The minimum absolute atomic E-state index is 0.0612. The molecule has 0 bridgehead atoms. The SMILES string of the molecule is Cc1cc(CC(C)NC(=O)c2cccc(-c3cc(C)c(C)[nH]c3=O)c2)n[nH]1. The fourth-order valence-corrected chi connectivity index (χ4v) is 3.02. The van der Waals surface area contributed by atoms with Crippen molar-refractivity contribution < 1.29 is 4.79 Å². The minimum atomic E-state index is -0.170. The van der Waals surface area contributed by atoms with Crippen LogP contribution in [0.25, 0.3) is 11.1 Å². The van der Waals surface area contributed by atoms with Gasteiger partial charge in [-0.15, -0.1) is 0 Å². The summed E-state index contributed by atoms with van der Waals surface area (Å²) in [7, 11) is 0. The van der Waals surface area contributed by atoms with E-state index < -0.39 is 0 Å². The predicted octanol–water partition coefficient (Wildman–Crippen LogP) is 3.05. The molecular weight excluding hydrogens is 340 g/mol. The first-order valence-corrected chi connectivity index (χ1v) is 8.96. The molecule has 0 spiro atoms. The maximum Gasteiger partial charge on any atom is 0.256 e. The highest BCUT2D eigenvalue weighted by Gasteiger charge is 2.13. The van der Waals surface area contributed by atoms with Gasteiger partial charge < -0.3 is 10.3 Å². The zero-order valence-electron chi connectivity index (χ0n) is 16.0. The van der Waals surface area contributed by atoms with E-state index in [4.69, 9.17) is 0 Å². The fourth-order valence-electron chi connectivity index (χ4n) is 3.02. The molecule has 0 radical (unpaired) electrons. The Labute approximate surface area is 158 Å². The number of H-pyrrole nitrogens is 2. The molecule has 2 aromatic heterocycles. The Kier molecular flexibility index (Phi) is 5.26. The van der Waals surface area contributed by atoms with Crippen LogP contribution in [0.15, 0.2) is 41.2 Å². The average Bonchev–Trinajstić information content (AvgIpc) is 3.02. The number of hydrogen-bond acceptors (Lipinski definition) is 3. The molecule has 0 fully saturated rings. The van der Waals surface area contributed by atoms with Crippen LogP contribution < -0.4 is 10.9 Å². The summed E-state index contributed by atoms with van der Waals surface area (Å²) in [5.74, 6) is -0.170. The van der Waals surface area contributed by atoms with E-state index in [2.05, 4.69) is 20.5 Å². The van der Waals surface area contributed by atoms with Gasteiger partial charge >= 0.3 is 0 Å². The molecule has 27 heavy (non-hydrogen) atoms. The van der Waals surface area contributed by atoms with Gasteiger partial charge in [0.25, 0.3) is 11.5 Å². The van der Waals surface area contributed by atoms with Crippen LogP contribution in [0.1, 0.15) is 39.9 Å². The number of carbonyl (C=O) groups excluding carboxylic acids is 1. The summed E-state index contributed by atoms with van der Waals surface area (Å²) >= 11 is 0. The molecule has 1 unspecified atom stereocenters.